The molecule has 0 unspecified atom stereocenters. The molecule has 0 saturated heterocycles. The number of halogens is 2. The Hall–Kier alpha value is -2.78. The van der Waals surface area contributed by atoms with E-state index >= 15 is 0 Å². The minimum atomic E-state index is -0.830. The van der Waals surface area contributed by atoms with Gasteiger partial charge < -0.3 is 10.1 Å². The standard InChI is InChI=1S/C18H16F2N4O2S/c1-26-10-15-22-23-18(24(15)12-6-3-2-4-7-12)27-11-16(25)21-17-13(19)8-5-9-14(17)20/h2-9H,10-11H2,1H3,(H,21,25). The van der Waals surface area contributed by atoms with E-state index in [1.165, 1.54) is 6.07 Å². The van der Waals surface area contributed by atoms with Crippen LogP contribution < -0.4 is 5.32 Å². The molecular weight excluding hydrogens is 374 g/mol. The van der Waals surface area contributed by atoms with Gasteiger partial charge in [-0.05, 0) is 24.3 Å². The summed E-state index contributed by atoms with van der Waals surface area (Å²) in [6.45, 7) is 0.245. The molecule has 1 amide bonds. The second-order valence-electron chi connectivity index (χ2n) is 5.44. The molecule has 27 heavy (non-hydrogen) atoms. The lowest BCUT2D eigenvalue weighted by Gasteiger charge is -2.10. The second-order valence-corrected chi connectivity index (χ2v) is 6.38. The monoisotopic (exact) mass is 390 g/mol. The average Bonchev–Trinajstić information content (AvgIpc) is 3.07. The molecule has 0 aliphatic carbocycles. The summed E-state index contributed by atoms with van der Waals surface area (Å²) >= 11 is 1.10. The molecule has 2 aromatic carbocycles. The third kappa shape index (κ3) is 4.50. The zero-order valence-electron chi connectivity index (χ0n) is 14.4. The van der Waals surface area contributed by atoms with Gasteiger partial charge in [-0.2, -0.15) is 0 Å². The molecular formula is C18H16F2N4O2S. The van der Waals surface area contributed by atoms with Crippen LogP contribution in [0.5, 0.6) is 0 Å². The van der Waals surface area contributed by atoms with E-state index in [-0.39, 0.29) is 12.4 Å². The lowest BCUT2D eigenvalue weighted by Crippen LogP contribution is -2.16. The van der Waals surface area contributed by atoms with Crippen LogP contribution in [0.4, 0.5) is 14.5 Å². The second kappa shape index (κ2) is 8.74. The van der Waals surface area contributed by atoms with Crippen molar-refractivity contribution in [1.82, 2.24) is 14.8 Å². The highest BCUT2D eigenvalue weighted by atomic mass is 32.2. The maximum absolute atomic E-state index is 13.6. The van der Waals surface area contributed by atoms with Gasteiger partial charge >= 0.3 is 0 Å². The van der Waals surface area contributed by atoms with Crippen LogP contribution in [0, 0.1) is 11.6 Å². The van der Waals surface area contributed by atoms with Gasteiger partial charge in [0.15, 0.2) is 11.0 Å². The Morgan fingerprint density at radius 1 is 1.11 bits per heavy atom. The molecule has 3 aromatic rings. The van der Waals surface area contributed by atoms with Crippen LogP contribution in [0.1, 0.15) is 5.82 Å². The molecule has 0 radical (unpaired) electrons. The molecule has 0 bridgehead atoms. The number of hydrogen-bond donors (Lipinski definition) is 1. The topological polar surface area (TPSA) is 69.0 Å². The fraction of sp³-hybridized carbons (Fsp3) is 0.167. The molecule has 1 aromatic heterocycles. The summed E-state index contributed by atoms with van der Waals surface area (Å²) < 4.78 is 34.2. The highest BCUT2D eigenvalue weighted by molar-refractivity contribution is 7.99. The van der Waals surface area contributed by atoms with Gasteiger partial charge in [0.2, 0.25) is 5.91 Å². The summed E-state index contributed by atoms with van der Waals surface area (Å²) in [5.74, 6) is -1.73. The van der Waals surface area contributed by atoms with Gasteiger partial charge in [0, 0.05) is 12.8 Å². The molecule has 0 aliphatic heterocycles. The summed E-state index contributed by atoms with van der Waals surface area (Å²) in [5, 5.41) is 10.9. The minimum absolute atomic E-state index is 0.0915. The maximum Gasteiger partial charge on any atom is 0.235 e. The molecule has 0 saturated carbocycles. The molecule has 0 atom stereocenters. The molecule has 0 aliphatic rings. The summed E-state index contributed by atoms with van der Waals surface area (Å²) in [4.78, 5) is 12.1. The summed E-state index contributed by atoms with van der Waals surface area (Å²) in [6.07, 6.45) is 0. The number of hydrogen-bond acceptors (Lipinski definition) is 5. The van der Waals surface area contributed by atoms with Crippen molar-refractivity contribution in [3.8, 4) is 5.69 Å². The first-order valence-electron chi connectivity index (χ1n) is 7.95. The average molecular weight is 390 g/mol. The van der Waals surface area contributed by atoms with Gasteiger partial charge in [-0.15, -0.1) is 10.2 Å². The molecule has 140 valence electrons. The first-order valence-corrected chi connectivity index (χ1v) is 8.94. The Balaban J connectivity index is 1.75. The largest absolute Gasteiger partial charge is 0.377 e. The van der Waals surface area contributed by atoms with Gasteiger partial charge in [-0.3, -0.25) is 9.36 Å². The van der Waals surface area contributed by atoms with Crippen molar-refractivity contribution >= 4 is 23.4 Å². The van der Waals surface area contributed by atoms with Crippen LogP contribution >= 0.6 is 11.8 Å². The highest BCUT2D eigenvalue weighted by Crippen LogP contribution is 2.23. The van der Waals surface area contributed by atoms with Crippen molar-refractivity contribution in [2.24, 2.45) is 0 Å². The van der Waals surface area contributed by atoms with Crippen LogP contribution in [0.25, 0.3) is 5.69 Å². The summed E-state index contributed by atoms with van der Waals surface area (Å²) in [5.41, 5.74) is 0.352. The Labute approximate surface area is 158 Å². The number of anilines is 1. The number of carbonyl (C=O) groups is 1. The first kappa shape index (κ1) is 19.0. The smallest absolute Gasteiger partial charge is 0.235 e. The number of methoxy groups -OCH3 is 1. The molecule has 6 nitrogen and oxygen atoms in total. The van der Waals surface area contributed by atoms with E-state index in [1.807, 2.05) is 30.3 Å². The summed E-state index contributed by atoms with van der Waals surface area (Å²) in [7, 11) is 1.55. The molecule has 0 spiro atoms. The van der Waals surface area contributed by atoms with Crippen LogP contribution in [-0.2, 0) is 16.1 Å². The number of nitrogens with zero attached hydrogens (tertiary/aromatic N) is 3. The number of rotatable bonds is 7. The lowest BCUT2D eigenvalue weighted by molar-refractivity contribution is -0.113. The first-order chi connectivity index (χ1) is 13.1. The van der Waals surface area contributed by atoms with E-state index in [0.717, 1.165) is 29.6 Å². The van der Waals surface area contributed by atoms with Crippen LogP contribution in [0.3, 0.4) is 0 Å². The van der Waals surface area contributed by atoms with Crippen LogP contribution in [0.2, 0.25) is 0 Å². The number of ether oxygens (including phenoxy) is 1. The van der Waals surface area contributed by atoms with Gasteiger partial charge in [0.25, 0.3) is 0 Å². The van der Waals surface area contributed by atoms with E-state index in [2.05, 4.69) is 15.5 Å². The van der Waals surface area contributed by atoms with E-state index in [0.29, 0.717) is 11.0 Å². The fourth-order valence-electron chi connectivity index (χ4n) is 2.38. The third-order valence-corrected chi connectivity index (χ3v) is 4.48. The normalized spacial score (nSPS) is 10.8. The number of para-hydroxylation sites is 2. The SMILES string of the molecule is COCc1nnc(SCC(=O)Nc2c(F)cccc2F)n1-c1ccccc1. The number of thioether (sulfide) groups is 1. The van der Waals surface area contributed by atoms with Crippen molar-refractivity contribution in [1.29, 1.82) is 0 Å². The number of benzene rings is 2. The van der Waals surface area contributed by atoms with E-state index in [1.54, 1.807) is 11.7 Å². The number of aromatic nitrogens is 3. The van der Waals surface area contributed by atoms with Gasteiger partial charge in [0.05, 0.1) is 5.75 Å². The number of nitrogens with one attached hydrogen (secondary N) is 1. The van der Waals surface area contributed by atoms with Crippen molar-refractivity contribution in [3.05, 3.63) is 66.0 Å². The Morgan fingerprint density at radius 2 is 1.81 bits per heavy atom. The highest BCUT2D eigenvalue weighted by Gasteiger charge is 2.17. The zero-order chi connectivity index (χ0) is 19.2. The van der Waals surface area contributed by atoms with Crippen molar-refractivity contribution in [3.63, 3.8) is 0 Å². The number of carbonyl (C=O) groups excluding carboxylic acids is 1. The molecule has 3 rings (SSSR count). The fourth-order valence-corrected chi connectivity index (χ4v) is 3.15. The third-order valence-electron chi connectivity index (χ3n) is 3.55. The molecule has 9 heteroatoms. The van der Waals surface area contributed by atoms with E-state index in [9.17, 15) is 13.6 Å². The predicted molar refractivity (Wildman–Crippen MR) is 97.8 cm³/mol. The summed E-state index contributed by atoms with van der Waals surface area (Å²) in [6, 6.07) is 12.8. The number of amides is 1. The quantitative estimate of drug-likeness (QED) is 0.626. The molecule has 1 heterocycles. The Bertz CT molecular complexity index is 914. The maximum atomic E-state index is 13.6. The molecule has 1 N–H and O–H groups in total. The van der Waals surface area contributed by atoms with Gasteiger partial charge in [-0.25, -0.2) is 8.78 Å². The van der Waals surface area contributed by atoms with Crippen molar-refractivity contribution in [2.45, 2.75) is 11.8 Å². The van der Waals surface area contributed by atoms with Crippen molar-refractivity contribution < 1.29 is 18.3 Å². The van der Waals surface area contributed by atoms with Crippen LogP contribution in [-0.4, -0.2) is 33.5 Å². The predicted octanol–water partition coefficient (Wildman–Crippen LogP) is 3.42. The van der Waals surface area contributed by atoms with Crippen molar-refractivity contribution in [2.75, 3.05) is 18.2 Å². The zero-order valence-corrected chi connectivity index (χ0v) is 15.2. The lowest BCUT2D eigenvalue weighted by atomic mass is 10.3. The van der Waals surface area contributed by atoms with E-state index in [4.69, 9.17) is 4.74 Å². The van der Waals surface area contributed by atoms with E-state index < -0.39 is 23.2 Å². The molecule has 0 fully saturated rings. The minimum Gasteiger partial charge on any atom is -0.377 e. The van der Waals surface area contributed by atoms with Crippen LogP contribution in [0.15, 0.2) is 53.7 Å². The Morgan fingerprint density at radius 3 is 2.48 bits per heavy atom. The van der Waals surface area contributed by atoms with Gasteiger partial charge in [-0.1, -0.05) is 36.0 Å². The van der Waals surface area contributed by atoms with Gasteiger partial charge in [0.1, 0.15) is 23.9 Å². The Kier molecular flexibility index (Phi) is 6.15.